The van der Waals surface area contributed by atoms with E-state index in [1.165, 1.54) is 0 Å². The summed E-state index contributed by atoms with van der Waals surface area (Å²) in [5.41, 5.74) is 0.581. The summed E-state index contributed by atoms with van der Waals surface area (Å²) in [7, 11) is 1.55. The zero-order valence-corrected chi connectivity index (χ0v) is 10.5. The lowest BCUT2D eigenvalue weighted by Crippen LogP contribution is -2.31. The molecule has 0 spiro atoms. The van der Waals surface area contributed by atoms with Gasteiger partial charge in [-0.3, -0.25) is 0 Å². The predicted octanol–water partition coefficient (Wildman–Crippen LogP) is 0.918. The third-order valence-electron chi connectivity index (χ3n) is 2.07. The van der Waals surface area contributed by atoms with Gasteiger partial charge < -0.3 is 25.2 Å². The van der Waals surface area contributed by atoms with Crippen LogP contribution in [0.15, 0.2) is 24.3 Å². The van der Waals surface area contributed by atoms with Crippen LogP contribution in [0.4, 0.5) is 10.5 Å². The van der Waals surface area contributed by atoms with Crippen LogP contribution < -0.4 is 15.4 Å². The van der Waals surface area contributed by atoms with Crippen molar-refractivity contribution in [3.05, 3.63) is 24.3 Å². The minimum Gasteiger partial charge on any atom is -0.482 e. The summed E-state index contributed by atoms with van der Waals surface area (Å²) < 4.78 is 9.76. The molecule has 0 radical (unpaired) electrons. The van der Waals surface area contributed by atoms with E-state index >= 15 is 0 Å². The van der Waals surface area contributed by atoms with E-state index in [1.807, 2.05) is 0 Å². The largest absolute Gasteiger partial charge is 0.482 e. The number of nitrogens with one attached hydrogen (secondary N) is 2. The van der Waals surface area contributed by atoms with Gasteiger partial charge in [-0.2, -0.15) is 0 Å². The standard InChI is InChI=1S/C12H16N2O5/c1-18-7-6-13-12(17)14-9-2-4-10(5-3-9)19-8-11(15)16/h2-5H,6-8H2,1H3,(H,15,16)(H2,13,14,17). The van der Waals surface area contributed by atoms with Crippen LogP contribution in [0.3, 0.4) is 0 Å². The maximum absolute atomic E-state index is 11.4. The number of aliphatic carboxylic acids is 1. The molecule has 3 N–H and O–H groups in total. The first-order valence-corrected chi connectivity index (χ1v) is 5.60. The van der Waals surface area contributed by atoms with Crippen molar-refractivity contribution in [3.63, 3.8) is 0 Å². The number of amides is 2. The number of urea groups is 1. The van der Waals surface area contributed by atoms with Crippen molar-refractivity contribution in [2.75, 3.05) is 32.2 Å². The highest BCUT2D eigenvalue weighted by Crippen LogP contribution is 2.15. The van der Waals surface area contributed by atoms with Gasteiger partial charge in [0.25, 0.3) is 0 Å². The van der Waals surface area contributed by atoms with E-state index in [2.05, 4.69) is 10.6 Å². The van der Waals surface area contributed by atoms with Gasteiger partial charge in [-0.25, -0.2) is 9.59 Å². The fraction of sp³-hybridized carbons (Fsp3) is 0.333. The molecule has 1 aromatic carbocycles. The van der Waals surface area contributed by atoms with Crippen molar-refractivity contribution in [3.8, 4) is 5.75 Å². The summed E-state index contributed by atoms with van der Waals surface area (Å²) in [6, 6.07) is 6.05. The maximum atomic E-state index is 11.4. The van der Waals surface area contributed by atoms with E-state index in [9.17, 15) is 9.59 Å². The number of methoxy groups -OCH3 is 1. The van der Waals surface area contributed by atoms with Crippen molar-refractivity contribution in [1.29, 1.82) is 0 Å². The zero-order chi connectivity index (χ0) is 14.1. The molecule has 7 heteroatoms. The number of benzene rings is 1. The Kier molecular flexibility index (Phi) is 6.17. The Hall–Kier alpha value is -2.28. The smallest absolute Gasteiger partial charge is 0.341 e. The van der Waals surface area contributed by atoms with Crippen molar-refractivity contribution in [1.82, 2.24) is 5.32 Å². The first-order valence-electron chi connectivity index (χ1n) is 5.60. The second kappa shape index (κ2) is 7.93. The molecule has 0 saturated carbocycles. The molecule has 0 saturated heterocycles. The topological polar surface area (TPSA) is 96.9 Å². The minimum atomic E-state index is -1.04. The van der Waals surface area contributed by atoms with Crippen LogP contribution in [0.25, 0.3) is 0 Å². The maximum Gasteiger partial charge on any atom is 0.341 e. The van der Waals surface area contributed by atoms with Crippen LogP contribution >= 0.6 is 0 Å². The van der Waals surface area contributed by atoms with Gasteiger partial charge in [0, 0.05) is 19.3 Å². The first-order chi connectivity index (χ1) is 9.11. The lowest BCUT2D eigenvalue weighted by molar-refractivity contribution is -0.139. The number of carboxylic acids is 1. The molecular formula is C12H16N2O5. The van der Waals surface area contributed by atoms with E-state index < -0.39 is 12.6 Å². The molecule has 19 heavy (non-hydrogen) atoms. The van der Waals surface area contributed by atoms with Gasteiger partial charge in [0.1, 0.15) is 5.75 Å². The van der Waals surface area contributed by atoms with Crippen LogP contribution in [-0.2, 0) is 9.53 Å². The van der Waals surface area contributed by atoms with E-state index in [-0.39, 0.29) is 6.03 Å². The highest BCUT2D eigenvalue weighted by molar-refractivity contribution is 5.89. The molecule has 0 aliphatic heterocycles. The van der Waals surface area contributed by atoms with E-state index in [0.29, 0.717) is 24.6 Å². The number of carbonyl (C=O) groups is 2. The Labute approximate surface area is 110 Å². The number of hydrogen-bond acceptors (Lipinski definition) is 4. The van der Waals surface area contributed by atoms with Crippen molar-refractivity contribution < 1.29 is 24.2 Å². The second-order valence-electron chi connectivity index (χ2n) is 3.58. The van der Waals surface area contributed by atoms with Gasteiger partial charge in [0.05, 0.1) is 6.61 Å². The van der Waals surface area contributed by atoms with Gasteiger partial charge in [-0.1, -0.05) is 0 Å². The van der Waals surface area contributed by atoms with Crippen LogP contribution in [0.1, 0.15) is 0 Å². The zero-order valence-electron chi connectivity index (χ0n) is 10.5. The summed E-state index contributed by atoms with van der Waals surface area (Å²) in [6.45, 7) is 0.460. The first kappa shape index (κ1) is 14.8. The number of carboxylic acid groups (broad SMARTS) is 1. The van der Waals surface area contributed by atoms with Crippen LogP contribution in [0.5, 0.6) is 5.75 Å². The number of rotatable bonds is 7. The molecule has 0 aromatic heterocycles. The molecule has 1 rings (SSSR count). The van der Waals surface area contributed by atoms with Crippen LogP contribution in [-0.4, -0.2) is 44.0 Å². The molecule has 0 unspecified atom stereocenters. The van der Waals surface area contributed by atoms with Crippen molar-refractivity contribution >= 4 is 17.7 Å². The number of anilines is 1. The van der Waals surface area contributed by atoms with Crippen LogP contribution in [0.2, 0.25) is 0 Å². The summed E-state index contributed by atoms with van der Waals surface area (Å²) in [4.78, 5) is 21.7. The molecule has 0 aliphatic rings. The molecule has 0 heterocycles. The summed E-state index contributed by atoms with van der Waals surface area (Å²) in [6.07, 6.45) is 0. The van der Waals surface area contributed by atoms with Gasteiger partial charge in [0.2, 0.25) is 0 Å². The molecule has 1 aromatic rings. The van der Waals surface area contributed by atoms with Gasteiger partial charge in [0.15, 0.2) is 6.61 Å². The fourth-order valence-electron chi connectivity index (χ4n) is 1.22. The SMILES string of the molecule is COCCNC(=O)Nc1ccc(OCC(=O)O)cc1. The van der Waals surface area contributed by atoms with E-state index in [0.717, 1.165) is 0 Å². The van der Waals surface area contributed by atoms with Gasteiger partial charge in [-0.05, 0) is 24.3 Å². The molecule has 0 bridgehead atoms. The van der Waals surface area contributed by atoms with Gasteiger partial charge in [-0.15, -0.1) is 0 Å². The average Bonchev–Trinajstić information content (AvgIpc) is 2.38. The Morgan fingerprint density at radius 2 is 1.95 bits per heavy atom. The monoisotopic (exact) mass is 268 g/mol. The van der Waals surface area contributed by atoms with E-state index in [4.69, 9.17) is 14.6 Å². The highest BCUT2D eigenvalue weighted by atomic mass is 16.5. The van der Waals surface area contributed by atoms with Crippen molar-refractivity contribution in [2.45, 2.75) is 0 Å². The summed E-state index contributed by atoms with van der Waals surface area (Å²) >= 11 is 0. The molecule has 0 atom stereocenters. The Bertz CT molecular complexity index is 419. The molecule has 7 nitrogen and oxygen atoms in total. The summed E-state index contributed by atoms with van der Waals surface area (Å²) in [5, 5.41) is 13.7. The molecule has 2 amide bonds. The lowest BCUT2D eigenvalue weighted by atomic mass is 10.3. The highest BCUT2D eigenvalue weighted by Gasteiger charge is 2.02. The average molecular weight is 268 g/mol. The number of hydrogen-bond donors (Lipinski definition) is 3. The quantitative estimate of drug-likeness (QED) is 0.639. The number of ether oxygens (including phenoxy) is 2. The van der Waals surface area contributed by atoms with Crippen LogP contribution in [0, 0.1) is 0 Å². The predicted molar refractivity (Wildman–Crippen MR) is 68.5 cm³/mol. The Morgan fingerprint density at radius 1 is 1.26 bits per heavy atom. The number of carbonyl (C=O) groups excluding carboxylic acids is 1. The van der Waals surface area contributed by atoms with Gasteiger partial charge >= 0.3 is 12.0 Å². The van der Waals surface area contributed by atoms with E-state index in [1.54, 1.807) is 31.4 Å². The summed E-state index contributed by atoms with van der Waals surface area (Å²) in [5.74, 6) is -0.618. The fourth-order valence-corrected chi connectivity index (χ4v) is 1.22. The minimum absolute atomic E-state index is 0.337. The molecule has 104 valence electrons. The Balaban J connectivity index is 2.39. The second-order valence-corrected chi connectivity index (χ2v) is 3.58. The molecule has 0 aliphatic carbocycles. The third kappa shape index (κ3) is 6.27. The lowest BCUT2D eigenvalue weighted by Gasteiger charge is -2.08. The molecular weight excluding hydrogens is 252 g/mol. The third-order valence-corrected chi connectivity index (χ3v) is 2.07. The Morgan fingerprint density at radius 3 is 2.53 bits per heavy atom. The van der Waals surface area contributed by atoms with Crippen molar-refractivity contribution in [2.24, 2.45) is 0 Å². The molecule has 0 fully saturated rings. The normalized spacial score (nSPS) is 9.74.